The van der Waals surface area contributed by atoms with Crippen molar-refractivity contribution in [3.8, 4) is 23.1 Å². The van der Waals surface area contributed by atoms with Gasteiger partial charge in [-0.1, -0.05) is 45.7 Å². The number of hydrogen-bond donors (Lipinski definition) is 3. The second-order valence-corrected chi connectivity index (χ2v) is 13.6. The van der Waals surface area contributed by atoms with Crippen molar-refractivity contribution >= 4 is 11.7 Å². The first kappa shape index (κ1) is 41.1. The Morgan fingerprint density at radius 2 is 1.76 bits per heavy atom. The number of aliphatic imine (C=N–C) groups is 1. The lowest BCUT2D eigenvalue weighted by molar-refractivity contribution is -0.214. The monoisotopic (exact) mass is 709 g/mol. The molecule has 1 unspecified atom stereocenters. The van der Waals surface area contributed by atoms with Crippen LogP contribution in [0.2, 0.25) is 0 Å². The molecule has 2 heterocycles. The predicted octanol–water partition coefficient (Wildman–Crippen LogP) is 7.73. The Morgan fingerprint density at radius 1 is 1.12 bits per heavy atom. The van der Waals surface area contributed by atoms with E-state index in [2.05, 4.69) is 21.0 Å². The van der Waals surface area contributed by atoms with Gasteiger partial charge >= 0.3 is 6.18 Å². The molecule has 9 nitrogen and oxygen atoms in total. The number of rotatable bonds is 12. The Kier molecular flexibility index (Phi) is 14.3. The number of hydrogen-bond acceptors (Lipinski definition) is 7. The maximum atomic E-state index is 14.0. The molecule has 1 aliphatic carbocycles. The number of nitrogens with zero attached hydrogens (tertiary/aromatic N) is 4. The minimum atomic E-state index is -4.48. The number of ether oxygens (including phenoxy) is 1. The molecule has 1 amide bonds. The van der Waals surface area contributed by atoms with Crippen molar-refractivity contribution in [3.63, 3.8) is 0 Å². The number of aliphatic hydroxyl groups excluding tert-OH is 2. The van der Waals surface area contributed by atoms with Crippen LogP contribution in [0.3, 0.4) is 0 Å². The normalized spacial score (nSPS) is 15.3. The van der Waals surface area contributed by atoms with Crippen molar-refractivity contribution < 1.29 is 32.9 Å². The highest BCUT2D eigenvalue weighted by atomic mass is 19.4. The number of nitriles is 1. The van der Waals surface area contributed by atoms with Crippen LogP contribution in [-0.4, -0.2) is 51.3 Å². The number of alkyl halides is 3. The van der Waals surface area contributed by atoms with Crippen LogP contribution in [-0.2, 0) is 10.2 Å². The van der Waals surface area contributed by atoms with Gasteiger partial charge in [-0.3, -0.25) is 4.79 Å². The van der Waals surface area contributed by atoms with Crippen molar-refractivity contribution in [2.45, 2.75) is 105 Å². The Balaban J connectivity index is 0.000000293. The van der Waals surface area contributed by atoms with E-state index in [0.717, 1.165) is 34.2 Å². The topological polar surface area (TPSA) is 155 Å². The minimum absolute atomic E-state index is 0.0589. The molecule has 1 aliphatic rings. The number of aromatic nitrogens is 2. The number of benzene rings is 1. The molecule has 0 radical (unpaired) electrons. The summed E-state index contributed by atoms with van der Waals surface area (Å²) in [7, 11) is 0. The minimum Gasteiger partial charge on any atom is -0.478 e. The number of carbonyl (C=O) groups is 1. The molecule has 12 heteroatoms. The molecule has 1 fully saturated rings. The SMILES string of the molecule is CCC[C@@H](CC(C)C)C(=O)N=C(N)c1ccc(OCC)nc1C1(C(F)(F)F)CCC1.Cc1cc(-c2c(C)cc(C(O)CO)cc2C)cnc1C#N. The third kappa shape index (κ3) is 9.71. The van der Waals surface area contributed by atoms with E-state index < -0.39 is 23.6 Å². The molecule has 1 saturated carbocycles. The molecule has 2 aromatic heterocycles. The maximum absolute atomic E-state index is 14.0. The summed E-state index contributed by atoms with van der Waals surface area (Å²) in [5.41, 5.74) is 9.84. The van der Waals surface area contributed by atoms with Crippen LogP contribution in [0, 0.1) is 43.9 Å². The summed E-state index contributed by atoms with van der Waals surface area (Å²) < 4.78 is 47.4. The first-order chi connectivity index (χ1) is 24.0. The summed E-state index contributed by atoms with van der Waals surface area (Å²) in [6, 6.07) is 10.7. The van der Waals surface area contributed by atoms with Gasteiger partial charge in [0, 0.05) is 29.3 Å². The number of amidine groups is 1. The zero-order chi connectivity index (χ0) is 38.1. The van der Waals surface area contributed by atoms with Crippen LogP contribution in [0.15, 0.2) is 41.5 Å². The second-order valence-electron chi connectivity index (χ2n) is 13.6. The lowest BCUT2D eigenvalue weighted by Gasteiger charge is -2.43. The highest BCUT2D eigenvalue weighted by Crippen LogP contribution is 2.55. The fourth-order valence-electron chi connectivity index (χ4n) is 6.53. The number of pyridine rings is 2. The number of nitrogens with two attached hydrogens (primary N) is 1. The lowest BCUT2D eigenvalue weighted by Crippen LogP contribution is -2.49. The van der Waals surface area contributed by atoms with Gasteiger partial charge in [0.25, 0.3) is 5.91 Å². The van der Waals surface area contributed by atoms with Crippen LogP contribution in [0.5, 0.6) is 5.88 Å². The van der Waals surface area contributed by atoms with Crippen molar-refractivity contribution in [1.82, 2.24) is 9.97 Å². The Bertz CT molecular complexity index is 1720. The zero-order valence-corrected chi connectivity index (χ0v) is 30.6. The molecule has 0 bridgehead atoms. The summed E-state index contributed by atoms with van der Waals surface area (Å²) in [4.78, 5) is 25.1. The van der Waals surface area contributed by atoms with E-state index >= 15 is 0 Å². The fourth-order valence-corrected chi connectivity index (χ4v) is 6.53. The number of aryl methyl sites for hydroxylation is 3. The first-order valence-corrected chi connectivity index (χ1v) is 17.4. The molecule has 2 atom stereocenters. The molecular weight excluding hydrogens is 659 g/mol. The van der Waals surface area contributed by atoms with Gasteiger partial charge in [0.05, 0.1) is 18.9 Å². The van der Waals surface area contributed by atoms with Gasteiger partial charge in [-0.05, 0) is 99.2 Å². The molecule has 3 aromatic rings. The van der Waals surface area contributed by atoms with E-state index in [1.165, 1.54) is 12.1 Å². The third-order valence-electron chi connectivity index (χ3n) is 9.20. The highest BCUT2D eigenvalue weighted by molar-refractivity contribution is 6.05. The number of halogens is 3. The van der Waals surface area contributed by atoms with E-state index in [-0.39, 0.29) is 54.9 Å². The number of carbonyl (C=O) groups excluding carboxylic acids is 1. The van der Waals surface area contributed by atoms with E-state index in [4.69, 9.17) is 20.8 Å². The van der Waals surface area contributed by atoms with Crippen LogP contribution in [0.1, 0.15) is 112 Å². The molecule has 1 aromatic carbocycles. The van der Waals surface area contributed by atoms with Crippen molar-refractivity contribution in [2.75, 3.05) is 13.2 Å². The molecule has 4 rings (SSSR count). The summed E-state index contributed by atoms with van der Waals surface area (Å²) in [5, 5.41) is 27.8. The van der Waals surface area contributed by atoms with Gasteiger partial charge in [0.15, 0.2) is 0 Å². The van der Waals surface area contributed by atoms with E-state index in [1.807, 2.05) is 59.7 Å². The van der Waals surface area contributed by atoms with Crippen LogP contribution in [0.25, 0.3) is 11.1 Å². The standard InChI is InChI=1S/C22H32F3N3O2.C17H18N2O2/c1-5-8-15(13-14(3)4)20(29)28-19(26)16-9-10-17(30-6-2)27-18(16)21(11-7-12-21)22(23,24)25;1-10-4-14(8-19-15(10)7-18)17-11(2)5-13(6-12(17)3)16(21)9-20/h9-10,14-15H,5-8,11-13H2,1-4H3,(H2,26,28,29);4-6,8,16,20-21H,9H2,1-3H3/t15-;/m0./s1. The number of amides is 1. The Labute approximate surface area is 298 Å². The Morgan fingerprint density at radius 3 is 2.24 bits per heavy atom. The van der Waals surface area contributed by atoms with Crippen molar-refractivity contribution in [2.24, 2.45) is 22.6 Å². The summed E-state index contributed by atoms with van der Waals surface area (Å²) in [6.07, 6.45) is -1.21. The van der Waals surface area contributed by atoms with Gasteiger partial charge in [-0.15, -0.1) is 0 Å². The summed E-state index contributed by atoms with van der Waals surface area (Å²) >= 11 is 0. The molecule has 4 N–H and O–H groups in total. The summed E-state index contributed by atoms with van der Waals surface area (Å²) in [6.45, 7) is 13.5. The van der Waals surface area contributed by atoms with Crippen LogP contribution in [0.4, 0.5) is 13.2 Å². The second kappa shape index (κ2) is 17.7. The fraction of sp³-hybridized carbons (Fsp3) is 0.513. The first-order valence-electron chi connectivity index (χ1n) is 17.4. The van der Waals surface area contributed by atoms with Crippen LogP contribution >= 0.6 is 0 Å². The molecule has 51 heavy (non-hydrogen) atoms. The Hall–Kier alpha value is -4.34. The highest BCUT2D eigenvalue weighted by Gasteiger charge is 2.61. The average Bonchev–Trinajstić information content (AvgIpc) is 3.03. The van der Waals surface area contributed by atoms with Gasteiger partial charge in [-0.2, -0.15) is 23.4 Å². The molecule has 0 spiro atoms. The lowest BCUT2D eigenvalue weighted by atomic mass is 9.64. The zero-order valence-electron chi connectivity index (χ0n) is 30.6. The quantitative estimate of drug-likeness (QED) is 0.128. The number of aliphatic hydroxyl groups is 2. The molecule has 276 valence electrons. The van der Waals surface area contributed by atoms with Crippen molar-refractivity contribution in [3.05, 3.63) is 75.7 Å². The third-order valence-corrected chi connectivity index (χ3v) is 9.20. The summed E-state index contributed by atoms with van der Waals surface area (Å²) in [5.74, 6) is -0.501. The smallest absolute Gasteiger partial charge is 0.399 e. The van der Waals surface area contributed by atoms with E-state index in [0.29, 0.717) is 36.4 Å². The van der Waals surface area contributed by atoms with Crippen LogP contribution < -0.4 is 10.5 Å². The molecule has 0 aliphatic heterocycles. The molecule has 0 saturated heterocycles. The van der Waals surface area contributed by atoms with Gasteiger partial charge in [-0.25, -0.2) is 9.97 Å². The van der Waals surface area contributed by atoms with Gasteiger partial charge < -0.3 is 20.7 Å². The van der Waals surface area contributed by atoms with E-state index in [9.17, 15) is 23.1 Å². The van der Waals surface area contributed by atoms with Gasteiger partial charge in [0.1, 0.15) is 29.1 Å². The largest absolute Gasteiger partial charge is 0.478 e. The van der Waals surface area contributed by atoms with Gasteiger partial charge in [0.2, 0.25) is 5.88 Å². The average molecular weight is 710 g/mol. The van der Waals surface area contributed by atoms with Crippen molar-refractivity contribution in [1.29, 1.82) is 5.26 Å². The maximum Gasteiger partial charge on any atom is 0.399 e. The van der Waals surface area contributed by atoms with E-state index in [1.54, 1.807) is 13.1 Å². The molecular formula is C39H50F3N5O4. The predicted molar refractivity (Wildman–Crippen MR) is 191 cm³/mol.